The first-order valence-corrected chi connectivity index (χ1v) is 13.8. The van der Waals surface area contributed by atoms with E-state index in [-0.39, 0.29) is 17.4 Å². The minimum absolute atomic E-state index is 0.0551. The molecule has 5 aromatic rings. The quantitative estimate of drug-likeness (QED) is 0.240. The zero-order valence-electron chi connectivity index (χ0n) is 20.7. The number of aromatic nitrogens is 3. The number of anilines is 3. The second kappa shape index (κ2) is 10.2. The highest BCUT2D eigenvalue weighted by molar-refractivity contribution is 7.92. The van der Waals surface area contributed by atoms with Crippen molar-refractivity contribution in [2.24, 2.45) is 0 Å². The van der Waals surface area contributed by atoms with E-state index in [0.717, 1.165) is 5.56 Å². The molecule has 2 N–H and O–H groups in total. The number of nitrogens with zero attached hydrogens (tertiary/aromatic N) is 3. The Morgan fingerprint density at radius 2 is 1.74 bits per heavy atom. The first kappa shape index (κ1) is 25.4. The van der Waals surface area contributed by atoms with E-state index < -0.39 is 16.0 Å². The first-order valence-electron chi connectivity index (χ1n) is 11.5. The summed E-state index contributed by atoms with van der Waals surface area (Å²) in [5.74, 6) is 0.144. The van der Waals surface area contributed by atoms with Gasteiger partial charge in [-0.25, -0.2) is 27.9 Å². The van der Waals surface area contributed by atoms with E-state index in [2.05, 4.69) is 25.2 Å². The molecule has 0 unspecified atom stereocenters. The molecule has 0 bridgehead atoms. The smallest absolute Gasteiger partial charge is 0.349 e. The Morgan fingerprint density at radius 1 is 1.00 bits per heavy atom. The van der Waals surface area contributed by atoms with Crippen molar-refractivity contribution >= 4 is 54.9 Å². The van der Waals surface area contributed by atoms with Gasteiger partial charge in [0.05, 0.1) is 16.0 Å². The van der Waals surface area contributed by atoms with E-state index >= 15 is 0 Å². The van der Waals surface area contributed by atoms with Crippen molar-refractivity contribution in [3.63, 3.8) is 0 Å². The molecule has 10 nitrogen and oxygen atoms in total. The summed E-state index contributed by atoms with van der Waals surface area (Å²) >= 11 is 1.23. The number of hydrogen-bond donors (Lipinski definition) is 2. The number of sulfonamides is 1. The Balaban J connectivity index is 1.34. The Bertz CT molecular complexity index is 1730. The van der Waals surface area contributed by atoms with Crippen LogP contribution >= 0.6 is 11.3 Å². The predicted molar refractivity (Wildman–Crippen MR) is 144 cm³/mol. The van der Waals surface area contributed by atoms with Crippen molar-refractivity contribution < 1.29 is 22.5 Å². The lowest BCUT2D eigenvalue weighted by molar-refractivity contribution is 0.0478. The average Bonchev–Trinajstić information content (AvgIpc) is 3.42. The molecule has 5 rings (SSSR count). The number of thiophene rings is 1. The van der Waals surface area contributed by atoms with E-state index in [1.165, 1.54) is 29.8 Å². The van der Waals surface area contributed by atoms with Crippen molar-refractivity contribution in [1.82, 2.24) is 15.1 Å². The van der Waals surface area contributed by atoms with Gasteiger partial charge < -0.3 is 14.6 Å². The van der Waals surface area contributed by atoms with Gasteiger partial charge in [-0.2, -0.15) is 0 Å². The third kappa shape index (κ3) is 5.08. The number of fused-ring (bicyclic) bond motifs is 1. The largest absolute Gasteiger partial charge is 0.457 e. The number of nitrogens with one attached hydrogen (secondary N) is 2. The second-order valence-electron chi connectivity index (χ2n) is 8.50. The molecule has 38 heavy (non-hydrogen) atoms. The average molecular weight is 550 g/mol. The molecule has 0 aliphatic rings. The molecule has 3 aromatic heterocycles. The van der Waals surface area contributed by atoms with E-state index in [9.17, 15) is 13.2 Å². The second-order valence-corrected chi connectivity index (χ2v) is 11.2. The molecule has 0 saturated carbocycles. The molecule has 0 radical (unpaired) electrons. The molecule has 12 heteroatoms. The van der Waals surface area contributed by atoms with Gasteiger partial charge in [-0.3, -0.25) is 0 Å². The van der Waals surface area contributed by atoms with Crippen LogP contribution in [0.4, 0.5) is 17.4 Å². The number of hydrogen-bond acceptors (Lipinski definition) is 10. The highest BCUT2D eigenvalue weighted by Crippen LogP contribution is 2.35. The van der Waals surface area contributed by atoms with Gasteiger partial charge in [0.15, 0.2) is 0 Å². The Morgan fingerprint density at radius 3 is 2.42 bits per heavy atom. The molecule has 0 saturated heterocycles. The summed E-state index contributed by atoms with van der Waals surface area (Å²) in [6.07, 6.45) is 1.41. The first-order chi connectivity index (χ1) is 18.2. The van der Waals surface area contributed by atoms with Gasteiger partial charge in [0.25, 0.3) is 10.0 Å². The van der Waals surface area contributed by atoms with Gasteiger partial charge >= 0.3 is 5.97 Å². The maximum Gasteiger partial charge on any atom is 0.349 e. The maximum atomic E-state index is 12.8. The number of rotatable bonds is 8. The summed E-state index contributed by atoms with van der Waals surface area (Å²) in [6, 6.07) is 15.6. The van der Waals surface area contributed by atoms with Gasteiger partial charge in [-0.05, 0) is 56.2 Å². The molecule has 0 spiro atoms. The van der Waals surface area contributed by atoms with Crippen LogP contribution in [0.25, 0.3) is 10.2 Å². The van der Waals surface area contributed by atoms with Crippen LogP contribution in [0.2, 0.25) is 0 Å². The summed E-state index contributed by atoms with van der Waals surface area (Å²) in [7, 11) is -3.87. The monoisotopic (exact) mass is 549 g/mol. The lowest BCUT2D eigenvalue weighted by atomic mass is 10.2. The lowest BCUT2D eigenvalue weighted by Crippen LogP contribution is -2.13. The van der Waals surface area contributed by atoms with Crippen LogP contribution < -0.4 is 10.0 Å². The van der Waals surface area contributed by atoms with Gasteiger partial charge in [0, 0.05) is 11.3 Å². The summed E-state index contributed by atoms with van der Waals surface area (Å²) in [5, 5.41) is 7.66. The molecule has 3 heterocycles. The normalized spacial score (nSPS) is 11.4. The van der Waals surface area contributed by atoms with Crippen LogP contribution in [0.1, 0.15) is 32.1 Å². The summed E-state index contributed by atoms with van der Waals surface area (Å²) in [4.78, 5) is 22.6. The van der Waals surface area contributed by atoms with Crippen molar-refractivity contribution in [2.75, 3.05) is 10.0 Å². The zero-order valence-corrected chi connectivity index (χ0v) is 22.3. The van der Waals surface area contributed by atoms with Gasteiger partial charge in [-0.15, -0.1) is 11.3 Å². The fraction of sp³-hybridized carbons (Fsp3) is 0.154. The van der Waals surface area contributed by atoms with Crippen molar-refractivity contribution in [2.45, 2.75) is 32.3 Å². The lowest BCUT2D eigenvalue weighted by Gasteiger charge is -2.09. The van der Waals surface area contributed by atoms with Gasteiger partial charge in [0.2, 0.25) is 5.88 Å². The molecular weight excluding hydrogens is 526 g/mol. The van der Waals surface area contributed by atoms with E-state index in [0.29, 0.717) is 43.4 Å². The minimum Gasteiger partial charge on any atom is -0.457 e. The third-order valence-electron chi connectivity index (χ3n) is 5.94. The van der Waals surface area contributed by atoms with Crippen molar-refractivity contribution in [3.8, 4) is 0 Å². The van der Waals surface area contributed by atoms with Crippen molar-refractivity contribution in [3.05, 3.63) is 88.2 Å². The van der Waals surface area contributed by atoms with Crippen LogP contribution in [-0.4, -0.2) is 29.5 Å². The summed E-state index contributed by atoms with van der Waals surface area (Å²) < 4.78 is 38.6. The topological polar surface area (TPSA) is 136 Å². The number of carbonyl (C=O) groups is 1. The van der Waals surface area contributed by atoms with Gasteiger partial charge in [0.1, 0.15) is 28.5 Å². The van der Waals surface area contributed by atoms with Crippen LogP contribution in [-0.2, 0) is 21.4 Å². The molecule has 0 amide bonds. The maximum absolute atomic E-state index is 12.8. The highest BCUT2D eigenvalue weighted by atomic mass is 32.2. The van der Waals surface area contributed by atoms with Crippen LogP contribution in [0.15, 0.2) is 70.3 Å². The molecule has 2 aromatic carbocycles. The molecule has 0 aliphatic heterocycles. The summed E-state index contributed by atoms with van der Waals surface area (Å²) in [5.41, 5.74) is 3.43. The standard InChI is InChI=1S/C26H23N5O5S2/c1-15-17(3)30-36-24(15)31-38(33,34)20-11-9-19(10-12-20)29-23-21-16(2)22(37-25(21)28-14-27-23)26(32)35-13-18-7-5-4-6-8-18/h4-12,14,31H,13H2,1-3H3,(H,27,28,29). The van der Waals surface area contributed by atoms with E-state index in [1.807, 2.05) is 37.3 Å². The van der Waals surface area contributed by atoms with E-state index in [1.54, 1.807) is 26.0 Å². The van der Waals surface area contributed by atoms with Crippen molar-refractivity contribution in [1.29, 1.82) is 0 Å². The molecule has 194 valence electrons. The number of benzene rings is 2. The van der Waals surface area contributed by atoms with Gasteiger partial charge in [-0.1, -0.05) is 35.5 Å². The van der Waals surface area contributed by atoms with Crippen LogP contribution in [0.5, 0.6) is 0 Å². The Hall–Kier alpha value is -4.29. The molecule has 0 fully saturated rings. The van der Waals surface area contributed by atoms with Crippen LogP contribution in [0.3, 0.4) is 0 Å². The third-order valence-corrected chi connectivity index (χ3v) is 8.46. The molecular formula is C26H23N5O5S2. The Kier molecular flexibility index (Phi) is 6.83. The number of carbonyl (C=O) groups excluding carboxylic acids is 1. The SMILES string of the molecule is Cc1noc(NS(=O)(=O)c2ccc(Nc3ncnc4sc(C(=O)OCc5ccccc5)c(C)c34)cc2)c1C. The fourth-order valence-electron chi connectivity index (χ4n) is 3.70. The number of aryl methyl sites for hydroxylation is 2. The highest BCUT2D eigenvalue weighted by Gasteiger charge is 2.22. The van der Waals surface area contributed by atoms with Crippen LogP contribution in [0, 0.1) is 20.8 Å². The molecule has 0 aliphatic carbocycles. The minimum atomic E-state index is -3.87. The fourth-order valence-corrected chi connectivity index (χ4v) is 5.78. The number of ether oxygens (including phenoxy) is 1. The number of esters is 1. The summed E-state index contributed by atoms with van der Waals surface area (Å²) in [6.45, 7) is 5.44. The predicted octanol–water partition coefficient (Wildman–Crippen LogP) is 5.51. The zero-order chi connectivity index (χ0) is 26.9. The molecule has 0 atom stereocenters. The Labute approximate surface area is 222 Å². The van der Waals surface area contributed by atoms with E-state index in [4.69, 9.17) is 9.26 Å².